The number of aliphatic hydroxyl groups excluding tert-OH is 1. The fraction of sp³-hybridized carbons (Fsp3) is 0.909. The van der Waals surface area contributed by atoms with Gasteiger partial charge in [-0.05, 0) is 20.8 Å². The zero-order chi connectivity index (χ0) is 12.0. The molecule has 2 aliphatic rings. The summed E-state index contributed by atoms with van der Waals surface area (Å²) in [6, 6.07) is 0. The van der Waals surface area contributed by atoms with E-state index in [-0.39, 0.29) is 11.5 Å². The largest absolute Gasteiger partial charge is 0.444 e. The van der Waals surface area contributed by atoms with Gasteiger partial charge in [-0.3, -0.25) is 0 Å². The Hall–Kier alpha value is -0.810. The van der Waals surface area contributed by atoms with Gasteiger partial charge in [0, 0.05) is 13.1 Å². The zero-order valence-electron chi connectivity index (χ0n) is 10.0. The maximum absolute atomic E-state index is 11.7. The van der Waals surface area contributed by atoms with E-state index >= 15 is 0 Å². The average Bonchev–Trinajstić information content (AvgIpc) is 2.40. The second-order valence-corrected chi connectivity index (χ2v) is 5.73. The van der Waals surface area contributed by atoms with E-state index in [0.29, 0.717) is 26.3 Å². The number of amides is 1. The summed E-state index contributed by atoms with van der Waals surface area (Å²) in [7, 11) is 0. The summed E-state index contributed by atoms with van der Waals surface area (Å²) in [5.41, 5.74) is -0.707. The van der Waals surface area contributed by atoms with Gasteiger partial charge in [-0.1, -0.05) is 0 Å². The van der Waals surface area contributed by atoms with Gasteiger partial charge < -0.3 is 19.5 Å². The van der Waals surface area contributed by atoms with Crippen LogP contribution in [0.2, 0.25) is 0 Å². The van der Waals surface area contributed by atoms with Crippen molar-refractivity contribution in [1.82, 2.24) is 4.90 Å². The molecule has 0 aliphatic carbocycles. The van der Waals surface area contributed by atoms with E-state index in [4.69, 9.17) is 9.47 Å². The van der Waals surface area contributed by atoms with E-state index in [2.05, 4.69) is 0 Å². The number of hydrogen-bond acceptors (Lipinski definition) is 4. The van der Waals surface area contributed by atoms with Gasteiger partial charge in [0.25, 0.3) is 0 Å². The molecule has 0 aromatic heterocycles. The molecule has 1 amide bonds. The zero-order valence-corrected chi connectivity index (χ0v) is 10.0. The van der Waals surface area contributed by atoms with Crippen LogP contribution in [0.3, 0.4) is 0 Å². The molecular formula is C11H19NO4. The topological polar surface area (TPSA) is 59.0 Å². The van der Waals surface area contributed by atoms with E-state index in [1.165, 1.54) is 0 Å². The van der Waals surface area contributed by atoms with E-state index in [0.717, 1.165) is 0 Å². The summed E-state index contributed by atoms with van der Waals surface area (Å²) in [5, 5.41) is 9.73. The predicted molar refractivity (Wildman–Crippen MR) is 57.1 cm³/mol. The molecule has 2 heterocycles. The molecular weight excluding hydrogens is 210 g/mol. The van der Waals surface area contributed by atoms with Crippen molar-refractivity contribution in [1.29, 1.82) is 0 Å². The fourth-order valence-corrected chi connectivity index (χ4v) is 2.12. The minimum Gasteiger partial charge on any atom is -0.444 e. The molecule has 92 valence electrons. The maximum atomic E-state index is 11.7. The average molecular weight is 229 g/mol. The van der Waals surface area contributed by atoms with Gasteiger partial charge in [-0.15, -0.1) is 0 Å². The molecule has 0 aromatic carbocycles. The van der Waals surface area contributed by atoms with E-state index < -0.39 is 11.7 Å². The molecule has 0 aromatic rings. The van der Waals surface area contributed by atoms with Gasteiger partial charge in [0.15, 0.2) is 0 Å². The number of ether oxygens (including phenoxy) is 2. The van der Waals surface area contributed by atoms with Gasteiger partial charge in [0.1, 0.15) is 5.60 Å². The third-order valence-electron chi connectivity index (χ3n) is 3.04. The highest BCUT2D eigenvalue weighted by Crippen LogP contribution is 2.39. The summed E-state index contributed by atoms with van der Waals surface area (Å²) < 4.78 is 10.5. The number of carbonyl (C=O) groups excluding carboxylic acids is 1. The quantitative estimate of drug-likeness (QED) is 0.661. The number of aliphatic hydroxyl groups is 1. The Morgan fingerprint density at radius 3 is 2.56 bits per heavy atom. The lowest BCUT2D eigenvalue weighted by Crippen LogP contribution is -2.63. The van der Waals surface area contributed by atoms with Crippen molar-refractivity contribution in [3.63, 3.8) is 0 Å². The summed E-state index contributed by atoms with van der Waals surface area (Å²) in [6.07, 6.45) is -0.761. The van der Waals surface area contributed by atoms with Crippen LogP contribution in [0.5, 0.6) is 0 Å². The molecule has 2 saturated heterocycles. The van der Waals surface area contributed by atoms with Crippen LogP contribution in [0.1, 0.15) is 20.8 Å². The van der Waals surface area contributed by atoms with Crippen LogP contribution in [-0.4, -0.2) is 54.1 Å². The van der Waals surface area contributed by atoms with Crippen LogP contribution in [0.25, 0.3) is 0 Å². The Morgan fingerprint density at radius 1 is 1.50 bits per heavy atom. The van der Waals surface area contributed by atoms with Gasteiger partial charge in [-0.2, -0.15) is 0 Å². The molecule has 16 heavy (non-hydrogen) atoms. The van der Waals surface area contributed by atoms with Crippen LogP contribution in [-0.2, 0) is 9.47 Å². The number of carbonyl (C=O) groups is 1. The number of nitrogens with zero attached hydrogens (tertiary/aromatic N) is 1. The third-order valence-corrected chi connectivity index (χ3v) is 3.04. The minimum atomic E-state index is -0.468. The van der Waals surface area contributed by atoms with Crippen molar-refractivity contribution in [3.05, 3.63) is 0 Å². The van der Waals surface area contributed by atoms with Crippen LogP contribution in [0.15, 0.2) is 0 Å². The van der Waals surface area contributed by atoms with Crippen molar-refractivity contribution in [2.75, 3.05) is 26.3 Å². The molecule has 1 N–H and O–H groups in total. The standard InChI is InChI=1S/C11H19NO4/c1-10(2,3)16-9(14)12-5-11(6-12)7-15-4-8(11)13/h8,13H,4-7H2,1-3H3/t8-/m1/s1. The predicted octanol–water partition coefficient (Wildman–Crippen LogP) is 0.615. The first-order chi connectivity index (χ1) is 7.32. The van der Waals surface area contributed by atoms with Crippen molar-refractivity contribution < 1.29 is 19.4 Å². The van der Waals surface area contributed by atoms with Crippen molar-refractivity contribution >= 4 is 6.09 Å². The summed E-state index contributed by atoms with van der Waals surface area (Å²) >= 11 is 0. The molecule has 0 unspecified atom stereocenters. The Labute approximate surface area is 95.3 Å². The number of likely N-dealkylation sites (tertiary alicyclic amines) is 1. The number of rotatable bonds is 0. The highest BCUT2D eigenvalue weighted by Gasteiger charge is 2.54. The molecule has 0 saturated carbocycles. The molecule has 2 fully saturated rings. The Morgan fingerprint density at radius 2 is 2.12 bits per heavy atom. The lowest BCUT2D eigenvalue weighted by molar-refractivity contribution is -0.0713. The van der Waals surface area contributed by atoms with Crippen LogP contribution in [0, 0.1) is 5.41 Å². The molecule has 1 spiro atoms. The van der Waals surface area contributed by atoms with E-state index in [1.54, 1.807) is 4.90 Å². The Kier molecular flexibility index (Phi) is 2.62. The second-order valence-electron chi connectivity index (χ2n) is 5.73. The lowest BCUT2D eigenvalue weighted by Gasteiger charge is -2.48. The summed E-state index contributed by atoms with van der Waals surface area (Å²) in [6.45, 7) is 7.50. The van der Waals surface area contributed by atoms with E-state index in [1.807, 2.05) is 20.8 Å². The summed E-state index contributed by atoms with van der Waals surface area (Å²) in [5.74, 6) is 0. The molecule has 5 heteroatoms. The first-order valence-electron chi connectivity index (χ1n) is 5.56. The molecule has 1 atom stereocenters. The van der Waals surface area contributed by atoms with Crippen molar-refractivity contribution in [2.45, 2.75) is 32.5 Å². The smallest absolute Gasteiger partial charge is 0.410 e. The van der Waals surface area contributed by atoms with Gasteiger partial charge in [-0.25, -0.2) is 4.79 Å². The monoisotopic (exact) mass is 229 g/mol. The first-order valence-corrected chi connectivity index (χ1v) is 5.56. The first kappa shape index (κ1) is 11.7. The molecule has 2 rings (SSSR count). The van der Waals surface area contributed by atoms with E-state index in [9.17, 15) is 9.90 Å². The molecule has 5 nitrogen and oxygen atoms in total. The molecule has 0 radical (unpaired) electrons. The SMILES string of the molecule is CC(C)(C)OC(=O)N1CC2(COC[C@H]2O)C1. The lowest BCUT2D eigenvalue weighted by atomic mass is 9.77. The van der Waals surface area contributed by atoms with Crippen LogP contribution in [0.4, 0.5) is 4.79 Å². The molecule has 0 bridgehead atoms. The van der Waals surface area contributed by atoms with Gasteiger partial charge >= 0.3 is 6.09 Å². The normalized spacial score (nSPS) is 28.0. The van der Waals surface area contributed by atoms with Crippen LogP contribution >= 0.6 is 0 Å². The van der Waals surface area contributed by atoms with Crippen molar-refractivity contribution in [3.8, 4) is 0 Å². The number of hydrogen-bond donors (Lipinski definition) is 1. The Bertz CT molecular complexity index is 291. The highest BCUT2D eigenvalue weighted by molar-refractivity contribution is 5.69. The van der Waals surface area contributed by atoms with Gasteiger partial charge in [0.05, 0.1) is 24.7 Å². The maximum Gasteiger partial charge on any atom is 0.410 e. The summed E-state index contributed by atoms with van der Waals surface area (Å²) in [4.78, 5) is 13.3. The van der Waals surface area contributed by atoms with Gasteiger partial charge in [0.2, 0.25) is 0 Å². The minimum absolute atomic E-state index is 0.239. The second kappa shape index (κ2) is 3.60. The highest BCUT2D eigenvalue weighted by atomic mass is 16.6. The van der Waals surface area contributed by atoms with Crippen LogP contribution < -0.4 is 0 Å². The molecule has 2 aliphatic heterocycles. The van der Waals surface area contributed by atoms with Crippen molar-refractivity contribution in [2.24, 2.45) is 5.41 Å². The fourth-order valence-electron chi connectivity index (χ4n) is 2.12. The Balaban J connectivity index is 1.86. The third kappa shape index (κ3) is 2.01.